The second-order valence-corrected chi connectivity index (χ2v) is 4.19. The minimum atomic E-state index is -0.381. The number of aryl methyl sites for hydroxylation is 1. The molecule has 2 N–H and O–H groups in total. The molecule has 0 atom stereocenters. The van der Waals surface area contributed by atoms with Gasteiger partial charge in [-0.15, -0.1) is 0 Å². The van der Waals surface area contributed by atoms with Crippen LogP contribution in [0.3, 0.4) is 0 Å². The SMILES string of the molecule is CCOC(=O)c1ccc(NC(=O)c2cc(C)[nH]n2)cc1. The zero-order chi connectivity index (χ0) is 14.5. The van der Waals surface area contributed by atoms with Crippen LogP contribution < -0.4 is 5.32 Å². The van der Waals surface area contributed by atoms with Gasteiger partial charge in [-0.1, -0.05) is 0 Å². The van der Waals surface area contributed by atoms with E-state index < -0.39 is 0 Å². The van der Waals surface area contributed by atoms with E-state index in [9.17, 15) is 9.59 Å². The molecule has 0 radical (unpaired) electrons. The summed E-state index contributed by atoms with van der Waals surface area (Å²) in [5, 5.41) is 9.27. The average Bonchev–Trinajstić information content (AvgIpc) is 2.86. The van der Waals surface area contributed by atoms with Crippen LogP contribution in [0.25, 0.3) is 0 Å². The highest BCUT2D eigenvalue weighted by molar-refractivity contribution is 6.03. The maximum atomic E-state index is 11.9. The molecule has 0 aliphatic carbocycles. The lowest BCUT2D eigenvalue weighted by Gasteiger charge is -2.05. The molecule has 2 aromatic rings. The molecule has 0 unspecified atom stereocenters. The molecule has 0 saturated carbocycles. The summed E-state index contributed by atoms with van der Waals surface area (Å²) < 4.78 is 4.88. The Morgan fingerprint density at radius 2 is 2.00 bits per heavy atom. The Bertz CT molecular complexity index is 617. The maximum absolute atomic E-state index is 11.9. The molecule has 0 spiro atoms. The summed E-state index contributed by atoms with van der Waals surface area (Å²) in [7, 11) is 0. The molecule has 6 nitrogen and oxygen atoms in total. The first-order valence-electron chi connectivity index (χ1n) is 6.20. The summed E-state index contributed by atoms with van der Waals surface area (Å²) >= 11 is 0. The number of esters is 1. The van der Waals surface area contributed by atoms with Crippen LogP contribution in [0.2, 0.25) is 0 Å². The largest absolute Gasteiger partial charge is 0.462 e. The second kappa shape index (κ2) is 6.01. The van der Waals surface area contributed by atoms with Gasteiger partial charge in [-0.3, -0.25) is 9.89 Å². The molecule has 6 heteroatoms. The Morgan fingerprint density at radius 3 is 2.55 bits per heavy atom. The van der Waals surface area contributed by atoms with Crippen LogP contribution in [-0.2, 0) is 4.74 Å². The van der Waals surface area contributed by atoms with Gasteiger partial charge in [0, 0.05) is 11.4 Å². The number of amides is 1. The molecule has 0 saturated heterocycles. The fourth-order valence-corrected chi connectivity index (χ4v) is 1.63. The smallest absolute Gasteiger partial charge is 0.338 e. The van der Waals surface area contributed by atoms with Gasteiger partial charge in [-0.05, 0) is 44.2 Å². The van der Waals surface area contributed by atoms with Crippen molar-refractivity contribution in [3.05, 3.63) is 47.3 Å². The fourth-order valence-electron chi connectivity index (χ4n) is 1.63. The number of hydrogen-bond donors (Lipinski definition) is 2. The number of rotatable bonds is 4. The third-order valence-electron chi connectivity index (χ3n) is 2.59. The van der Waals surface area contributed by atoms with Gasteiger partial charge in [0.25, 0.3) is 5.91 Å². The van der Waals surface area contributed by atoms with E-state index in [0.717, 1.165) is 5.69 Å². The third-order valence-corrected chi connectivity index (χ3v) is 2.59. The Labute approximate surface area is 116 Å². The Balaban J connectivity index is 2.04. The zero-order valence-corrected chi connectivity index (χ0v) is 11.3. The normalized spacial score (nSPS) is 10.1. The van der Waals surface area contributed by atoms with Gasteiger partial charge >= 0.3 is 5.97 Å². The Morgan fingerprint density at radius 1 is 1.30 bits per heavy atom. The Hall–Kier alpha value is -2.63. The van der Waals surface area contributed by atoms with Gasteiger partial charge in [-0.25, -0.2) is 4.79 Å². The van der Waals surface area contributed by atoms with Crippen LogP contribution in [0.1, 0.15) is 33.5 Å². The molecule has 1 aromatic carbocycles. The molecule has 0 bridgehead atoms. The van der Waals surface area contributed by atoms with Gasteiger partial charge in [0.1, 0.15) is 0 Å². The molecule has 20 heavy (non-hydrogen) atoms. The minimum absolute atomic E-state index is 0.307. The maximum Gasteiger partial charge on any atom is 0.338 e. The van der Waals surface area contributed by atoms with Crippen molar-refractivity contribution in [2.75, 3.05) is 11.9 Å². The van der Waals surface area contributed by atoms with Gasteiger partial charge in [0.2, 0.25) is 0 Å². The van der Waals surface area contributed by atoms with Gasteiger partial charge < -0.3 is 10.1 Å². The van der Waals surface area contributed by atoms with Crippen molar-refractivity contribution in [1.82, 2.24) is 10.2 Å². The lowest BCUT2D eigenvalue weighted by atomic mass is 10.2. The molecule has 1 heterocycles. The van der Waals surface area contributed by atoms with E-state index in [1.165, 1.54) is 0 Å². The number of aromatic nitrogens is 2. The van der Waals surface area contributed by atoms with Crippen LogP contribution in [0.15, 0.2) is 30.3 Å². The van der Waals surface area contributed by atoms with Crippen molar-refractivity contribution in [2.45, 2.75) is 13.8 Å². The van der Waals surface area contributed by atoms with Crippen LogP contribution in [0.4, 0.5) is 5.69 Å². The van der Waals surface area contributed by atoms with Gasteiger partial charge in [0.15, 0.2) is 5.69 Å². The predicted octanol–water partition coefficient (Wildman–Crippen LogP) is 2.15. The molecule has 0 aliphatic rings. The van der Waals surface area contributed by atoms with E-state index in [4.69, 9.17) is 4.74 Å². The average molecular weight is 273 g/mol. The summed E-state index contributed by atoms with van der Waals surface area (Å²) in [6.07, 6.45) is 0. The van der Waals surface area contributed by atoms with Crippen LogP contribution >= 0.6 is 0 Å². The second-order valence-electron chi connectivity index (χ2n) is 4.19. The standard InChI is InChI=1S/C14H15N3O3/c1-3-20-14(19)10-4-6-11(7-5-10)15-13(18)12-8-9(2)16-17-12/h4-8H,3H2,1-2H3,(H,15,18)(H,16,17). The topological polar surface area (TPSA) is 84.1 Å². The first-order chi connectivity index (χ1) is 9.60. The molecule has 0 aliphatic heterocycles. The number of aromatic amines is 1. The van der Waals surface area contributed by atoms with E-state index >= 15 is 0 Å². The number of hydrogen-bond acceptors (Lipinski definition) is 4. The van der Waals surface area contributed by atoms with E-state index in [-0.39, 0.29) is 11.9 Å². The molecule has 1 aromatic heterocycles. The van der Waals surface area contributed by atoms with E-state index in [1.807, 2.05) is 6.92 Å². The van der Waals surface area contributed by atoms with E-state index in [1.54, 1.807) is 37.3 Å². The van der Waals surface area contributed by atoms with E-state index in [2.05, 4.69) is 15.5 Å². The summed E-state index contributed by atoms with van der Waals surface area (Å²) in [5.41, 5.74) is 2.16. The number of H-pyrrole nitrogens is 1. The molecule has 104 valence electrons. The van der Waals surface area contributed by atoms with E-state index in [0.29, 0.717) is 23.6 Å². The van der Waals surface area contributed by atoms with Gasteiger partial charge in [0.05, 0.1) is 12.2 Å². The van der Waals surface area contributed by atoms with Crippen molar-refractivity contribution < 1.29 is 14.3 Å². The third kappa shape index (κ3) is 3.23. The number of carbonyl (C=O) groups excluding carboxylic acids is 2. The molecular weight excluding hydrogens is 258 g/mol. The van der Waals surface area contributed by atoms with Crippen molar-refractivity contribution in [1.29, 1.82) is 0 Å². The highest BCUT2D eigenvalue weighted by Crippen LogP contribution is 2.12. The molecule has 0 fully saturated rings. The van der Waals surface area contributed by atoms with Crippen molar-refractivity contribution in [2.24, 2.45) is 0 Å². The van der Waals surface area contributed by atoms with Crippen LogP contribution in [-0.4, -0.2) is 28.7 Å². The van der Waals surface area contributed by atoms with Crippen LogP contribution in [0.5, 0.6) is 0 Å². The number of carbonyl (C=O) groups is 2. The molecule has 2 rings (SSSR count). The fraction of sp³-hybridized carbons (Fsp3) is 0.214. The van der Waals surface area contributed by atoms with Crippen molar-refractivity contribution in [3.63, 3.8) is 0 Å². The summed E-state index contributed by atoms with van der Waals surface area (Å²) in [6.45, 7) is 3.89. The number of ether oxygens (including phenoxy) is 1. The van der Waals surface area contributed by atoms with Crippen molar-refractivity contribution in [3.8, 4) is 0 Å². The first kappa shape index (κ1) is 13.8. The lowest BCUT2D eigenvalue weighted by Crippen LogP contribution is -2.12. The number of nitrogens with zero attached hydrogens (tertiary/aromatic N) is 1. The molecular formula is C14H15N3O3. The summed E-state index contributed by atoms with van der Waals surface area (Å²) in [4.78, 5) is 23.3. The van der Waals surface area contributed by atoms with Crippen LogP contribution in [0, 0.1) is 6.92 Å². The Kier molecular flexibility index (Phi) is 4.14. The number of anilines is 1. The quantitative estimate of drug-likeness (QED) is 0.836. The van der Waals surface area contributed by atoms with Gasteiger partial charge in [-0.2, -0.15) is 5.10 Å². The summed E-state index contributed by atoms with van der Waals surface area (Å²) in [5.74, 6) is -0.688. The highest BCUT2D eigenvalue weighted by atomic mass is 16.5. The monoisotopic (exact) mass is 273 g/mol. The minimum Gasteiger partial charge on any atom is -0.462 e. The predicted molar refractivity (Wildman–Crippen MR) is 73.7 cm³/mol. The number of benzene rings is 1. The first-order valence-corrected chi connectivity index (χ1v) is 6.20. The summed E-state index contributed by atoms with van der Waals surface area (Å²) in [6, 6.07) is 8.14. The molecule has 1 amide bonds. The zero-order valence-electron chi connectivity index (χ0n) is 11.3. The highest BCUT2D eigenvalue weighted by Gasteiger charge is 2.10. The van der Waals surface area contributed by atoms with Crippen molar-refractivity contribution >= 4 is 17.6 Å². The lowest BCUT2D eigenvalue weighted by molar-refractivity contribution is 0.0526. The number of nitrogens with one attached hydrogen (secondary N) is 2.